The van der Waals surface area contributed by atoms with Gasteiger partial charge in [-0.15, -0.1) is 0 Å². The van der Waals surface area contributed by atoms with Gasteiger partial charge in [-0.2, -0.15) is 0 Å². The summed E-state index contributed by atoms with van der Waals surface area (Å²) in [6.07, 6.45) is 4.46. The van der Waals surface area contributed by atoms with Gasteiger partial charge in [-0.25, -0.2) is 0 Å². The molecule has 0 nitrogen and oxygen atoms in total. The van der Waals surface area contributed by atoms with E-state index in [1.807, 2.05) is 50.2 Å². The summed E-state index contributed by atoms with van der Waals surface area (Å²) in [4.78, 5) is 0. The lowest BCUT2D eigenvalue weighted by atomic mass is 9.88. The molecule has 0 heteroatoms. The molecule has 1 aromatic rings. The van der Waals surface area contributed by atoms with E-state index in [9.17, 15) is 0 Å². The Hall–Kier alpha value is -0.780. The highest BCUT2D eigenvalue weighted by Crippen LogP contribution is 2.24. The molecule has 0 atom stereocenters. The lowest BCUT2D eigenvalue weighted by Gasteiger charge is -2.18. The van der Waals surface area contributed by atoms with E-state index in [1.165, 1.54) is 19.3 Å². The maximum Gasteiger partial charge on any atom is -0.0443 e. The molecule has 1 aliphatic rings. The predicted molar refractivity (Wildman–Crippen MR) is 60.8 cm³/mol. The van der Waals surface area contributed by atoms with Gasteiger partial charge in [0.2, 0.25) is 0 Å². The molecule has 0 spiro atoms. The lowest BCUT2D eigenvalue weighted by Crippen LogP contribution is -2.04. The highest BCUT2D eigenvalue weighted by molar-refractivity contribution is 4.99. The first-order chi connectivity index (χ1) is 6.39. The normalized spacial score (nSPS) is 14.1. The van der Waals surface area contributed by atoms with Gasteiger partial charge in [0.05, 0.1) is 0 Å². The van der Waals surface area contributed by atoms with Crippen molar-refractivity contribution in [3.05, 3.63) is 36.4 Å². The Morgan fingerprint density at radius 3 is 1.08 bits per heavy atom. The number of benzene rings is 1. The van der Waals surface area contributed by atoms with Crippen molar-refractivity contribution in [1.82, 2.24) is 0 Å². The van der Waals surface area contributed by atoms with Crippen LogP contribution in [0.2, 0.25) is 0 Å². The van der Waals surface area contributed by atoms with E-state index in [1.54, 1.807) is 0 Å². The average molecular weight is 178 g/mol. The highest BCUT2D eigenvalue weighted by Gasteiger charge is 2.09. The van der Waals surface area contributed by atoms with Gasteiger partial charge in [0.15, 0.2) is 0 Å². The van der Waals surface area contributed by atoms with Crippen LogP contribution in [-0.2, 0) is 0 Å². The third-order valence-electron chi connectivity index (χ3n) is 2.06. The fraction of sp³-hybridized carbons (Fsp3) is 0.538. The lowest BCUT2D eigenvalue weighted by molar-refractivity contribution is 0.346. The van der Waals surface area contributed by atoms with Crippen molar-refractivity contribution in [1.29, 1.82) is 0 Å². The minimum Gasteiger partial charge on any atom is -0.0683 e. The van der Waals surface area contributed by atoms with E-state index in [-0.39, 0.29) is 0 Å². The smallest absolute Gasteiger partial charge is 0.0443 e. The van der Waals surface area contributed by atoms with Crippen molar-refractivity contribution in [3.8, 4) is 0 Å². The first kappa shape index (κ1) is 12.2. The minimum absolute atomic E-state index is 1.06. The van der Waals surface area contributed by atoms with Gasteiger partial charge in [0.25, 0.3) is 0 Å². The highest BCUT2D eigenvalue weighted by atomic mass is 14.1. The van der Waals surface area contributed by atoms with Crippen molar-refractivity contribution >= 4 is 0 Å². The summed E-state index contributed by atoms with van der Waals surface area (Å²) in [6.45, 7) is 6.31. The fourth-order valence-corrected chi connectivity index (χ4v) is 0.997. The molecule has 74 valence electrons. The summed E-state index contributed by atoms with van der Waals surface area (Å²) in [6, 6.07) is 12.0. The van der Waals surface area contributed by atoms with Crippen molar-refractivity contribution < 1.29 is 0 Å². The topological polar surface area (TPSA) is 0 Å². The summed E-state index contributed by atoms with van der Waals surface area (Å²) in [5, 5.41) is 0. The van der Waals surface area contributed by atoms with E-state index in [4.69, 9.17) is 0 Å². The second kappa shape index (κ2) is 9.31. The van der Waals surface area contributed by atoms with Gasteiger partial charge < -0.3 is 0 Å². The fourth-order valence-electron chi connectivity index (χ4n) is 0.997. The van der Waals surface area contributed by atoms with Gasteiger partial charge in [0, 0.05) is 0 Å². The Bertz CT molecular complexity index is 136. The van der Waals surface area contributed by atoms with Crippen molar-refractivity contribution in [2.24, 2.45) is 5.92 Å². The molecule has 1 aromatic carbocycles. The van der Waals surface area contributed by atoms with Crippen LogP contribution in [0.5, 0.6) is 0 Å². The number of hydrogen-bond donors (Lipinski definition) is 0. The summed E-state index contributed by atoms with van der Waals surface area (Å²) >= 11 is 0. The van der Waals surface area contributed by atoms with Crippen LogP contribution in [0, 0.1) is 5.92 Å². The predicted octanol–water partition coefficient (Wildman–Crippen LogP) is 4.52. The molecule has 2 rings (SSSR count). The maximum absolute atomic E-state index is 2.31. The summed E-state index contributed by atoms with van der Waals surface area (Å²) in [7, 11) is 0. The molecule has 0 bridgehead atoms. The van der Waals surface area contributed by atoms with Crippen LogP contribution in [-0.4, -0.2) is 0 Å². The Morgan fingerprint density at radius 1 is 0.769 bits per heavy atom. The summed E-state index contributed by atoms with van der Waals surface area (Å²) < 4.78 is 0. The second-order valence-electron chi connectivity index (χ2n) is 3.19. The van der Waals surface area contributed by atoms with E-state index >= 15 is 0 Å². The zero-order chi connectivity index (χ0) is 9.94. The molecule has 1 saturated carbocycles. The molecule has 0 unspecified atom stereocenters. The van der Waals surface area contributed by atoms with E-state index < -0.39 is 0 Å². The largest absolute Gasteiger partial charge is 0.0683 e. The summed E-state index contributed by atoms with van der Waals surface area (Å²) in [5.41, 5.74) is 0. The number of hydrogen-bond acceptors (Lipinski definition) is 0. The minimum atomic E-state index is 1.06. The summed E-state index contributed by atoms with van der Waals surface area (Å²) in [5.74, 6) is 1.06. The maximum atomic E-state index is 2.31. The van der Waals surface area contributed by atoms with Crippen LogP contribution in [0.4, 0.5) is 0 Å². The molecule has 0 radical (unpaired) electrons. The van der Waals surface area contributed by atoms with Gasteiger partial charge in [-0.3, -0.25) is 0 Å². The Balaban J connectivity index is 0.000000189. The molecule has 0 aromatic heterocycles. The zero-order valence-corrected chi connectivity index (χ0v) is 9.16. The Labute approximate surface area is 83.0 Å². The van der Waals surface area contributed by atoms with Crippen molar-refractivity contribution in [3.63, 3.8) is 0 Å². The molecule has 0 saturated heterocycles. The molecule has 1 aliphatic carbocycles. The second-order valence-corrected chi connectivity index (χ2v) is 3.19. The van der Waals surface area contributed by atoms with Crippen LogP contribution >= 0.6 is 0 Å². The van der Waals surface area contributed by atoms with E-state index in [2.05, 4.69) is 6.92 Å². The molecule has 1 fully saturated rings. The van der Waals surface area contributed by atoms with Crippen LogP contribution in [0.1, 0.15) is 40.0 Å². The van der Waals surface area contributed by atoms with Gasteiger partial charge in [-0.05, 0) is 5.92 Å². The van der Waals surface area contributed by atoms with Gasteiger partial charge in [-0.1, -0.05) is 76.4 Å². The molecule has 0 amide bonds. The Kier molecular flexibility index (Phi) is 8.75. The first-order valence-electron chi connectivity index (χ1n) is 5.39. The third kappa shape index (κ3) is 7.58. The quantitative estimate of drug-likeness (QED) is 0.548. The monoisotopic (exact) mass is 178 g/mol. The van der Waals surface area contributed by atoms with Crippen LogP contribution in [0.3, 0.4) is 0 Å². The zero-order valence-electron chi connectivity index (χ0n) is 9.16. The number of rotatable bonds is 0. The van der Waals surface area contributed by atoms with Crippen LogP contribution < -0.4 is 0 Å². The molecular weight excluding hydrogens is 156 g/mol. The molecule has 0 N–H and O–H groups in total. The average Bonchev–Trinajstić information content (AvgIpc) is 2.21. The standard InChI is InChI=1S/C6H6.C5H10.C2H6/c1-2-4-6-5-3-1;1-5-3-2-4-5;1-2/h1-6H;5H,2-4H2,1H3;1-2H3. The molecule has 0 aliphatic heterocycles. The van der Waals surface area contributed by atoms with Crippen molar-refractivity contribution in [2.45, 2.75) is 40.0 Å². The Morgan fingerprint density at radius 2 is 1.00 bits per heavy atom. The first-order valence-corrected chi connectivity index (χ1v) is 5.39. The SMILES string of the molecule is CC.CC1CCC1.c1ccccc1. The van der Waals surface area contributed by atoms with Crippen LogP contribution in [0.25, 0.3) is 0 Å². The van der Waals surface area contributed by atoms with E-state index in [0.717, 1.165) is 5.92 Å². The molecular formula is C13H22. The molecule has 0 heterocycles. The third-order valence-corrected chi connectivity index (χ3v) is 2.06. The van der Waals surface area contributed by atoms with Crippen LogP contribution in [0.15, 0.2) is 36.4 Å². The van der Waals surface area contributed by atoms with Gasteiger partial charge >= 0.3 is 0 Å². The van der Waals surface area contributed by atoms with Crippen molar-refractivity contribution in [2.75, 3.05) is 0 Å². The molecule has 13 heavy (non-hydrogen) atoms. The van der Waals surface area contributed by atoms with E-state index in [0.29, 0.717) is 0 Å². The van der Waals surface area contributed by atoms with Gasteiger partial charge in [0.1, 0.15) is 0 Å².